The molecule has 44 heavy (non-hydrogen) atoms. The van der Waals surface area contributed by atoms with Crippen molar-refractivity contribution in [1.82, 2.24) is 10.2 Å². The van der Waals surface area contributed by atoms with Gasteiger partial charge in [-0.2, -0.15) is 0 Å². The molecule has 0 radical (unpaired) electrons. The van der Waals surface area contributed by atoms with Crippen molar-refractivity contribution in [3.63, 3.8) is 0 Å². The minimum Gasteiger partial charge on any atom is -0.487 e. The molecule has 0 aromatic heterocycles. The molecule has 2 atom stereocenters. The predicted molar refractivity (Wildman–Crippen MR) is 170 cm³/mol. The van der Waals surface area contributed by atoms with Gasteiger partial charge in [0.2, 0.25) is 5.91 Å². The van der Waals surface area contributed by atoms with Crippen LogP contribution in [0.3, 0.4) is 0 Å². The van der Waals surface area contributed by atoms with Gasteiger partial charge in [0.25, 0.3) is 5.91 Å². The summed E-state index contributed by atoms with van der Waals surface area (Å²) in [5.41, 5.74) is 8.11. The van der Waals surface area contributed by atoms with E-state index >= 15 is 0 Å². The molecule has 2 aliphatic rings. The van der Waals surface area contributed by atoms with Gasteiger partial charge in [0.1, 0.15) is 11.4 Å². The second-order valence-electron chi connectivity index (χ2n) is 12.3. The maximum absolute atomic E-state index is 13.8. The molecule has 3 aromatic rings. The van der Waals surface area contributed by atoms with Gasteiger partial charge in [0, 0.05) is 23.8 Å². The molecule has 3 aromatic carbocycles. The van der Waals surface area contributed by atoms with Crippen LogP contribution in [0.25, 0.3) is 0 Å². The highest BCUT2D eigenvalue weighted by Crippen LogP contribution is 2.40. The number of aliphatic imine (C=N–C) groups is 1. The number of nitrogens with one attached hydrogen (secondary N) is 1. The topological polar surface area (TPSA) is 131 Å². The summed E-state index contributed by atoms with van der Waals surface area (Å²) >= 11 is 0. The number of fused-ring (bicyclic) bond motifs is 1. The minimum atomic E-state index is -3.43. The number of benzene rings is 3. The molecule has 9 nitrogen and oxygen atoms in total. The van der Waals surface area contributed by atoms with E-state index in [0.717, 1.165) is 17.6 Å². The van der Waals surface area contributed by atoms with Crippen molar-refractivity contribution in [1.29, 1.82) is 0 Å². The maximum atomic E-state index is 13.8. The van der Waals surface area contributed by atoms with Crippen LogP contribution in [0, 0.1) is 0 Å². The highest BCUT2D eigenvalue weighted by Gasteiger charge is 2.41. The number of para-hydroxylation sites is 1. The van der Waals surface area contributed by atoms with Gasteiger partial charge in [-0.3, -0.25) is 14.5 Å². The molecule has 2 heterocycles. The summed E-state index contributed by atoms with van der Waals surface area (Å²) in [5, 5.41) is 3.19. The number of rotatable bonds is 8. The fraction of sp³-hybridized carbons (Fsp3) is 0.382. The molecule has 0 aliphatic carbocycles. The largest absolute Gasteiger partial charge is 0.487 e. The summed E-state index contributed by atoms with van der Waals surface area (Å²) in [5.74, 6) is 0.388. The van der Waals surface area contributed by atoms with Gasteiger partial charge < -0.3 is 15.8 Å². The number of hydrogen-bond acceptors (Lipinski definition) is 7. The van der Waals surface area contributed by atoms with Crippen molar-refractivity contribution in [3.8, 4) is 5.75 Å². The molecule has 0 bridgehead atoms. The Kier molecular flexibility index (Phi) is 8.33. The lowest BCUT2D eigenvalue weighted by Crippen LogP contribution is -2.52. The van der Waals surface area contributed by atoms with E-state index in [1.54, 1.807) is 30.3 Å². The summed E-state index contributed by atoms with van der Waals surface area (Å²) in [6.07, 6.45) is 3.26. The van der Waals surface area contributed by atoms with Crippen molar-refractivity contribution in [2.75, 3.05) is 6.26 Å². The van der Waals surface area contributed by atoms with Gasteiger partial charge in [-0.15, -0.1) is 0 Å². The van der Waals surface area contributed by atoms with Crippen LogP contribution in [0.5, 0.6) is 5.75 Å². The SMILES string of the molecule is CCC1(CC)CC(=O)N([C@H](c2ccc(S(C)(=O)=O)cc2)c2cccc(C(=O)N[C@H]3CC(C)(C)Oc4ccccc43)c2)C(N)=N1. The Bertz CT molecular complexity index is 1710. The van der Waals surface area contributed by atoms with Gasteiger partial charge in [-0.1, -0.05) is 56.3 Å². The quantitative estimate of drug-likeness (QED) is 0.352. The number of carbonyl (C=O) groups excluding carboxylic acids is 2. The average molecular weight is 617 g/mol. The van der Waals surface area contributed by atoms with Crippen molar-refractivity contribution in [2.45, 2.75) is 81.5 Å². The fourth-order valence-electron chi connectivity index (χ4n) is 6.18. The van der Waals surface area contributed by atoms with Crippen LogP contribution in [0.1, 0.15) is 92.5 Å². The van der Waals surface area contributed by atoms with Crippen LogP contribution < -0.4 is 15.8 Å². The summed E-state index contributed by atoms with van der Waals surface area (Å²) in [6, 6.07) is 20.2. The number of nitrogens with two attached hydrogens (primary N) is 1. The van der Waals surface area contributed by atoms with E-state index in [4.69, 9.17) is 15.5 Å². The van der Waals surface area contributed by atoms with Gasteiger partial charge in [-0.05, 0) is 68.1 Å². The Morgan fingerprint density at radius 3 is 2.36 bits per heavy atom. The van der Waals surface area contributed by atoms with E-state index < -0.39 is 27.0 Å². The molecular weight excluding hydrogens is 576 g/mol. The van der Waals surface area contributed by atoms with Crippen molar-refractivity contribution >= 4 is 27.6 Å². The number of guanidine groups is 1. The van der Waals surface area contributed by atoms with Crippen LogP contribution in [-0.4, -0.2) is 48.5 Å². The van der Waals surface area contributed by atoms with Gasteiger partial charge in [0.15, 0.2) is 15.8 Å². The second-order valence-corrected chi connectivity index (χ2v) is 14.4. The molecule has 0 saturated heterocycles. The monoisotopic (exact) mass is 616 g/mol. The van der Waals surface area contributed by atoms with Crippen LogP contribution in [0.2, 0.25) is 0 Å². The lowest BCUT2D eigenvalue weighted by atomic mass is 9.86. The summed E-state index contributed by atoms with van der Waals surface area (Å²) in [4.78, 5) is 33.9. The number of amides is 2. The lowest BCUT2D eigenvalue weighted by Gasteiger charge is -2.40. The van der Waals surface area contributed by atoms with Crippen LogP contribution in [0.15, 0.2) is 82.7 Å². The standard InChI is InChI=1S/C34H40N4O5S/c1-6-34(7-2)21-29(39)38(32(35)37-34)30(22-15-17-25(18-16-22)44(5,41)42)23-11-10-12-24(19-23)31(40)36-27-20-33(3,4)43-28-14-9-8-13-26(27)28/h8-19,27,30H,6-7,20-21H2,1-5H3,(H2,35,37)(H,36,40)/t27-,30+/m0/s1. The number of nitrogens with zero attached hydrogens (tertiary/aromatic N) is 2. The van der Waals surface area contributed by atoms with E-state index in [0.29, 0.717) is 36.0 Å². The number of sulfone groups is 1. The smallest absolute Gasteiger partial charge is 0.251 e. The predicted octanol–water partition coefficient (Wildman–Crippen LogP) is 5.32. The zero-order valence-corrected chi connectivity index (χ0v) is 26.6. The van der Waals surface area contributed by atoms with E-state index in [-0.39, 0.29) is 35.1 Å². The molecule has 3 N–H and O–H groups in total. The molecule has 0 fully saturated rings. The highest BCUT2D eigenvalue weighted by atomic mass is 32.2. The Hall–Kier alpha value is -4.18. The average Bonchev–Trinajstić information content (AvgIpc) is 2.98. The first-order chi connectivity index (χ1) is 20.8. The number of ether oxygens (including phenoxy) is 1. The van der Waals surface area contributed by atoms with E-state index in [1.807, 2.05) is 58.0 Å². The third-order valence-corrected chi connectivity index (χ3v) is 9.82. The molecule has 5 rings (SSSR count). The maximum Gasteiger partial charge on any atom is 0.251 e. The van der Waals surface area contributed by atoms with Crippen molar-refractivity contribution in [2.24, 2.45) is 10.7 Å². The van der Waals surface area contributed by atoms with Gasteiger partial charge in [-0.25, -0.2) is 13.4 Å². The molecule has 2 amide bonds. The van der Waals surface area contributed by atoms with Gasteiger partial charge in [0.05, 0.1) is 28.9 Å². The van der Waals surface area contributed by atoms with Crippen LogP contribution in [0.4, 0.5) is 0 Å². The molecule has 0 spiro atoms. The second kappa shape index (κ2) is 11.7. The first-order valence-corrected chi connectivity index (χ1v) is 16.8. The van der Waals surface area contributed by atoms with Crippen molar-refractivity contribution in [3.05, 3.63) is 95.1 Å². The van der Waals surface area contributed by atoms with E-state index in [9.17, 15) is 18.0 Å². The van der Waals surface area contributed by atoms with Gasteiger partial charge >= 0.3 is 0 Å². The Labute approximate surface area is 259 Å². The Balaban J connectivity index is 1.54. The van der Waals surface area contributed by atoms with Crippen LogP contribution in [-0.2, 0) is 14.6 Å². The Morgan fingerprint density at radius 1 is 1.05 bits per heavy atom. The third kappa shape index (κ3) is 6.22. The van der Waals surface area contributed by atoms with Crippen LogP contribution >= 0.6 is 0 Å². The van der Waals surface area contributed by atoms with E-state index in [2.05, 4.69) is 5.32 Å². The number of carbonyl (C=O) groups is 2. The molecular formula is C34H40N4O5S. The first-order valence-electron chi connectivity index (χ1n) is 14.9. The summed E-state index contributed by atoms with van der Waals surface area (Å²) < 4.78 is 30.5. The Morgan fingerprint density at radius 2 is 1.73 bits per heavy atom. The molecule has 0 unspecified atom stereocenters. The molecule has 0 saturated carbocycles. The highest BCUT2D eigenvalue weighted by molar-refractivity contribution is 7.90. The molecule has 232 valence electrons. The summed E-state index contributed by atoms with van der Waals surface area (Å²) in [7, 11) is -3.43. The third-order valence-electron chi connectivity index (χ3n) is 8.69. The lowest BCUT2D eigenvalue weighted by molar-refractivity contribution is -0.131. The molecule has 10 heteroatoms. The first kappa shape index (κ1) is 31.3. The summed E-state index contributed by atoms with van der Waals surface area (Å²) in [6.45, 7) is 7.97. The normalized spacial score (nSPS) is 19.8. The van der Waals surface area contributed by atoms with E-state index in [1.165, 1.54) is 17.0 Å². The number of hydrogen-bond donors (Lipinski definition) is 2. The minimum absolute atomic E-state index is 0.0954. The van der Waals surface area contributed by atoms with Crippen molar-refractivity contribution < 1.29 is 22.7 Å². The zero-order valence-electron chi connectivity index (χ0n) is 25.8. The fourth-order valence-corrected chi connectivity index (χ4v) is 6.81. The zero-order chi connectivity index (χ0) is 31.9. The molecule has 2 aliphatic heterocycles.